The molecule has 0 aromatic heterocycles. The Kier molecular flexibility index (Phi) is 5.60. The molecule has 0 saturated carbocycles. The third-order valence-corrected chi connectivity index (χ3v) is 4.11. The molecule has 0 amide bonds. The van der Waals surface area contributed by atoms with Gasteiger partial charge in [-0.05, 0) is 44.3 Å². The largest absolute Gasteiger partial charge is 0.466 e. The molecule has 1 aromatic carbocycles. The van der Waals surface area contributed by atoms with Crippen LogP contribution in [0.25, 0.3) is 0 Å². The predicted molar refractivity (Wildman–Crippen MR) is 80.4 cm³/mol. The molecule has 0 radical (unpaired) electrons. The summed E-state index contributed by atoms with van der Waals surface area (Å²) in [4.78, 5) is 14.3. The van der Waals surface area contributed by atoms with Crippen LogP contribution in [0.5, 0.6) is 0 Å². The summed E-state index contributed by atoms with van der Waals surface area (Å²) in [6, 6.07) is 10.5. The quantitative estimate of drug-likeness (QED) is 0.771. The number of nitrogens with zero attached hydrogens (tertiary/aromatic N) is 1. The Labute approximate surface area is 121 Å². The Morgan fingerprint density at radius 2 is 1.95 bits per heavy atom. The maximum Gasteiger partial charge on any atom is 0.307 e. The van der Waals surface area contributed by atoms with Gasteiger partial charge < -0.3 is 4.74 Å². The van der Waals surface area contributed by atoms with Crippen LogP contribution in [0.2, 0.25) is 0 Å². The van der Waals surface area contributed by atoms with Crippen LogP contribution < -0.4 is 0 Å². The zero-order valence-electron chi connectivity index (χ0n) is 12.5. The van der Waals surface area contributed by atoms with Crippen LogP contribution in [0.4, 0.5) is 0 Å². The summed E-state index contributed by atoms with van der Waals surface area (Å²) in [5, 5.41) is 0. The second kappa shape index (κ2) is 7.44. The van der Waals surface area contributed by atoms with Gasteiger partial charge in [-0.25, -0.2) is 0 Å². The van der Waals surface area contributed by atoms with Gasteiger partial charge in [0.25, 0.3) is 0 Å². The molecular formula is C17H25NO2. The van der Waals surface area contributed by atoms with Gasteiger partial charge in [-0.2, -0.15) is 0 Å². The van der Waals surface area contributed by atoms with Crippen molar-refractivity contribution in [2.45, 2.75) is 39.2 Å². The zero-order chi connectivity index (χ0) is 14.4. The van der Waals surface area contributed by atoms with Crippen LogP contribution in [-0.2, 0) is 9.53 Å². The van der Waals surface area contributed by atoms with Crippen LogP contribution in [0, 0.1) is 5.92 Å². The molecule has 1 aliphatic heterocycles. The first-order valence-corrected chi connectivity index (χ1v) is 7.65. The number of hydrogen-bond donors (Lipinski definition) is 0. The minimum Gasteiger partial charge on any atom is -0.466 e. The third-order valence-electron chi connectivity index (χ3n) is 4.11. The number of rotatable bonds is 5. The monoisotopic (exact) mass is 275 g/mol. The van der Waals surface area contributed by atoms with Crippen molar-refractivity contribution in [2.75, 3.05) is 19.7 Å². The standard InChI is InChI=1S/C17H25NO2/c1-3-20-17(19)13-16(15-7-5-4-6-8-15)18-11-9-14(2)10-12-18/h4-8,14,16H,3,9-13H2,1-2H3. The average Bonchev–Trinajstić information content (AvgIpc) is 2.47. The minimum atomic E-state index is -0.0972. The highest BCUT2D eigenvalue weighted by atomic mass is 16.5. The van der Waals surface area contributed by atoms with E-state index in [0.29, 0.717) is 13.0 Å². The first kappa shape index (κ1) is 15.0. The van der Waals surface area contributed by atoms with Crippen molar-refractivity contribution in [1.82, 2.24) is 4.90 Å². The van der Waals surface area contributed by atoms with Crippen LogP contribution in [0.15, 0.2) is 30.3 Å². The second-order valence-electron chi connectivity index (χ2n) is 5.65. The fraction of sp³-hybridized carbons (Fsp3) is 0.588. The molecule has 1 aliphatic rings. The van der Waals surface area contributed by atoms with Gasteiger partial charge in [0.2, 0.25) is 0 Å². The summed E-state index contributed by atoms with van der Waals surface area (Å²) in [5.41, 5.74) is 1.22. The van der Waals surface area contributed by atoms with E-state index >= 15 is 0 Å². The van der Waals surface area contributed by atoms with E-state index in [9.17, 15) is 4.79 Å². The number of carbonyl (C=O) groups is 1. The number of likely N-dealkylation sites (tertiary alicyclic amines) is 1. The third kappa shape index (κ3) is 4.07. The van der Waals surface area contributed by atoms with E-state index in [4.69, 9.17) is 4.74 Å². The molecule has 1 fully saturated rings. The maximum absolute atomic E-state index is 11.9. The second-order valence-corrected chi connectivity index (χ2v) is 5.65. The van der Waals surface area contributed by atoms with Gasteiger partial charge in [0.05, 0.1) is 13.0 Å². The molecule has 2 rings (SSSR count). The van der Waals surface area contributed by atoms with Crippen LogP contribution in [0.1, 0.15) is 44.7 Å². The lowest BCUT2D eigenvalue weighted by molar-refractivity contribution is -0.144. The van der Waals surface area contributed by atoms with E-state index in [1.165, 1.54) is 18.4 Å². The van der Waals surface area contributed by atoms with Gasteiger partial charge in [-0.15, -0.1) is 0 Å². The fourth-order valence-corrected chi connectivity index (χ4v) is 2.85. The Morgan fingerprint density at radius 1 is 1.30 bits per heavy atom. The van der Waals surface area contributed by atoms with E-state index in [1.54, 1.807) is 0 Å². The molecule has 1 saturated heterocycles. The van der Waals surface area contributed by atoms with Gasteiger partial charge >= 0.3 is 5.97 Å². The number of benzene rings is 1. The van der Waals surface area contributed by atoms with Crippen molar-refractivity contribution in [2.24, 2.45) is 5.92 Å². The van der Waals surface area contributed by atoms with Crippen molar-refractivity contribution >= 4 is 5.97 Å². The first-order valence-electron chi connectivity index (χ1n) is 7.65. The molecule has 0 bridgehead atoms. The van der Waals surface area contributed by atoms with Crippen molar-refractivity contribution in [1.29, 1.82) is 0 Å². The van der Waals surface area contributed by atoms with E-state index in [-0.39, 0.29) is 12.0 Å². The molecule has 1 atom stereocenters. The van der Waals surface area contributed by atoms with Crippen molar-refractivity contribution in [3.05, 3.63) is 35.9 Å². The topological polar surface area (TPSA) is 29.5 Å². The van der Waals surface area contributed by atoms with Crippen LogP contribution >= 0.6 is 0 Å². The molecule has 1 heterocycles. The molecule has 0 N–H and O–H groups in total. The summed E-state index contributed by atoms with van der Waals surface area (Å²) in [5.74, 6) is 0.699. The van der Waals surface area contributed by atoms with Gasteiger partial charge in [0.15, 0.2) is 0 Å². The molecule has 0 spiro atoms. The summed E-state index contributed by atoms with van der Waals surface area (Å²) in [6.45, 7) is 6.76. The summed E-state index contributed by atoms with van der Waals surface area (Å²) in [6.07, 6.45) is 2.88. The molecule has 3 heteroatoms. The average molecular weight is 275 g/mol. The van der Waals surface area contributed by atoms with E-state index in [0.717, 1.165) is 19.0 Å². The minimum absolute atomic E-state index is 0.0972. The number of hydrogen-bond acceptors (Lipinski definition) is 3. The summed E-state index contributed by atoms with van der Waals surface area (Å²) >= 11 is 0. The number of ether oxygens (including phenoxy) is 1. The zero-order valence-corrected chi connectivity index (χ0v) is 12.5. The van der Waals surface area contributed by atoms with E-state index < -0.39 is 0 Å². The van der Waals surface area contributed by atoms with E-state index in [1.807, 2.05) is 25.1 Å². The number of esters is 1. The summed E-state index contributed by atoms with van der Waals surface area (Å²) < 4.78 is 5.14. The molecule has 1 unspecified atom stereocenters. The van der Waals surface area contributed by atoms with Gasteiger partial charge in [0, 0.05) is 6.04 Å². The number of carbonyl (C=O) groups excluding carboxylic acids is 1. The SMILES string of the molecule is CCOC(=O)CC(c1ccccc1)N1CCC(C)CC1. The van der Waals surface area contributed by atoms with Crippen LogP contribution in [0.3, 0.4) is 0 Å². The fourth-order valence-electron chi connectivity index (χ4n) is 2.85. The van der Waals surface area contributed by atoms with Crippen molar-refractivity contribution < 1.29 is 9.53 Å². The molecular weight excluding hydrogens is 250 g/mol. The van der Waals surface area contributed by atoms with E-state index in [2.05, 4.69) is 24.0 Å². The normalized spacial score (nSPS) is 18.7. The van der Waals surface area contributed by atoms with Crippen molar-refractivity contribution in [3.63, 3.8) is 0 Å². The highest BCUT2D eigenvalue weighted by molar-refractivity contribution is 5.70. The Bertz CT molecular complexity index is 410. The molecule has 110 valence electrons. The summed E-state index contributed by atoms with van der Waals surface area (Å²) in [7, 11) is 0. The Hall–Kier alpha value is -1.35. The smallest absolute Gasteiger partial charge is 0.307 e. The van der Waals surface area contributed by atoms with Gasteiger partial charge in [0.1, 0.15) is 0 Å². The Balaban J connectivity index is 2.09. The molecule has 0 aliphatic carbocycles. The lowest BCUT2D eigenvalue weighted by Crippen LogP contribution is -2.37. The van der Waals surface area contributed by atoms with Gasteiger partial charge in [-0.1, -0.05) is 37.3 Å². The lowest BCUT2D eigenvalue weighted by Gasteiger charge is -2.36. The maximum atomic E-state index is 11.9. The van der Waals surface area contributed by atoms with Crippen molar-refractivity contribution in [3.8, 4) is 0 Å². The first-order chi connectivity index (χ1) is 9.70. The van der Waals surface area contributed by atoms with Gasteiger partial charge in [-0.3, -0.25) is 9.69 Å². The highest BCUT2D eigenvalue weighted by Crippen LogP contribution is 2.29. The van der Waals surface area contributed by atoms with Crippen LogP contribution in [-0.4, -0.2) is 30.6 Å². The number of piperidine rings is 1. The lowest BCUT2D eigenvalue weighted by atomic mass is 9.94. The highest BCUT2D eigenvalue weighted by Gasteiger charge is 2.26. The predicted octanol–water partition coefficient (Wildman–Crippen LogP) is 3.41. The molecule has 3 nitrogen and oxygen atoms in total. The molecule has 1 aromatic rings. The molecule has 20 heavy (non-hydrogen) atoms. The Morgan fingerprint density at radius 3 is 2.55 bits per heavy atom.